The summed E-state index contributed by atoms with van der Waals surface area (Å²) < 4.78 is 6.62. The van der Waals surface area contributed by atoms with Crippen LogP contribution in [0.4, 0.5) is 0 Å². The number of benzene rings is 1. The smallest absolute Gasteiger partial charge is 0.0471 e. The number of rotatable bonds is 3. The van der Waals surface area contributed by atoms with E-state index in [1.54, 1.807) is 0 Å². The molecule has 0 aromatic heterocycles. The normalized spacial score (nSPS) is 19.6. The Hall–Kier alpha value is -0.380. The van der Waals surface area contributed by atoms with E-state index < -0.39 is 0 Å². The van der Waals surface area contributed by atoms with Crippen LogP contribution in [0.25, 0.3) is 0 Å². The monoisotopic (exact) mass is 283 g/mol. The van der Waals surface area contributed by atoms with Crippen molar-refractivity contribution in [2.75, 3.05) is 19.8 Å². The highest BCUT2D eigenvalue weighted by atomic mass is 79.9. The molecule has 1 fully saturated rings. The quantitative estimate of drug-likeness (QED) is 0.926. The average molecular weight is 284 g/mol. The van der Waals surface area contributed by atoms with Crippen LogP contribution in [0.2, 0.25) is 0 Å². The number of hydrogen-bond acceptors (Lipinski definition) is 2. The van der Waals surface area contributed by atoms with Gasteiger partial charge in [0.1, 0.15) is 0 Å². The van der Waals surface area contributed by atoms with E-state index in [0.717, 1.165) is 39.0 Å². The van der Waals surface area contributed by atoms with Crippen LogP contribution < -0.4 is 5.73 Å². The van der Waals surface area contributed by atoms with E-state index in [1.165, 1.54) is 10.0 Å². The van der Waals surface area contributed by atoms with Gasteiger partial charge in [-0.2, -0.15) is 0 Å². The lowest BCUT2D eigenvalue weighted by atomic mass is 9.75. The molecule has 16 heavy (non-hydrogen) atoms. The minimum atomic E-state index is 0.238. The topological polar surface area (TPSA) is 35.2 Å². The molecule has 0 atom stereocenters. The third kappa shape index (κ3) is 2.65. The van der Waals surface area contributed by atoms with Crippen LogP contribution in [-0.4, -0.2) is 19.8 Å². The highest BCUT2D eigenvalue weighted by Gasteiger charge is 2.31. The van der Waals surface area contributed by atoms with Crippen molar-refractivity contribution in [3.8, 4) is 0 Å². The standard InChI is InChI=1S/C13H18BrNO/c14-12-4-2-1-3-11(12)9-13(10-15)5-7-16-8-6-13/h1-4H,5-10,15H2. The van der Waals surface area contributed by atoms with Gasteiger partial charge < -0.3 is 10.5 Å². The van der Waals surface area contributed by atoms with E-state index in [4.69, 9.17) is 10.5 Å². The second kappa shape index (κ2) is 5.30. The first-order valence-corrected chi connectivity index (χ1v) is 6.56. The van der Waals surface area contributed by atoms with E-state index in [0.29, 0.717) is 0 Å². The largest absolute Gasteiger partial charge is 0.381 e. The minimum absolute atomic E-state index is 0.238. The van der Waals surface area contributed by atoms with Gasteiger partial charge in [0.2, 0.25) is 0 Å². The van der Waals surface area contributed by atoms with Gasteiger partial charge in [0.15, 0.2) is 0 Å². The van der Waals surface area contributed by atoms with E-state index in [9.17, 15) is 0 Å². The zero-order valence-corrected chi connectivity index (χ0v) is 11.0. The maximum absolute atomic E-state index is 5.97. The number of hydrogen-bond donors (Lipinski definition) is 1. The SMILES string of the molecule is NCC1(Cc2ccccc2Br)CCOCC1. The predicted molar refractivity (Wildman–Crippen MR) is 69.4 cm³/mol. The van der Waals surface area contributed by atoms with Crippen molar-refractivity contribution >= 4 is 15.9 Å². The highest BCUT2D eigenvalue weighted by Crippen LogP contribution is 2.35. The van der Waals surface area contributed by atoms with Gasteiger partial charge in [0, 0.05) is 17.7 Å². The molecule has 0 unspecified atom stereocenters. The van der Waals surface area contributed by atoms with E-state index >= 15 is 0 Å². The summed E-state index contributed by atoms with van der Waals surface area (Å²) in [6.45, 7) is 2.45. The summed E-state index contributed by atoms with van der Waals surface area (Å²) in [4.78, 5) is 0. The first kappa shape index (κ1) is 12.1. The summed E-state index contributed by atoms with van der Waals surface area (Å²) in [5.74, 6) is 0. The molecule has 0 saturated carbocycles. The zero-order valence-electron chi connectivity index (χ0n) is 9.42. The van der Waals surface area contributed by atoms with Crippen LogP contribution in [0.1, 0.15) is 18.4 Å². The lowest BCUT2D eigenvalue weighted by Crippen LogP contribution is -2.38. The molecule has 88 valence electrons. The molecule has 0 amide bonds. The Kier molecular flexibility index (Phi) is 4.00. The van der Waals surface area contributed by atoms with Gasteiger partial charge in [-0.25, -0.2) is 0 Å². The lowest BCUT2D eigenvalue weighted by Gasteiger charge is -2.36. The Morgan fingerprint density at radius 3 is 2.56 bits per heavy atom. The van der Waals surface area contributed by atoms with Crippen molar-refractivity contribution in [1.29, 1.82) is 0 Å². The fraction of sp³-hybridized carbons (Fsp3) is 0.538. The Morgan fingerprint density at radius 1 is 1.25 bits per heavy atom. The number of nitrogens with two attached hydrogens (primary N) is 1. The van der Waals surface area contributed by atoms with E-state index in [1.807, 2.05) is 6.07 Å². The van der Waals surface area contributed by atoms with Crippen molar-refractivity contribution in [3.05, 3.63) is 34.3 Å². The van der Waals surface area contributed by atoms with Crippen molar-refractivity contribution < 1.29 is 4.74 Å². The van der Waals surface area contributed by atoms with Crippen molar-refractivity contribution in [1.82, 2.24) is 0 Å². The first-order chi connectivity index (χ1) is 7.76. The van der Waals surface area contributed by atoms with Gasteiger partial charge in [-0.1, -0.05) is 34.1 Å². The van der Waals surface area contributed by atoms with Gasteiger partial charge in [-0.3, -0.25) is 0 Å². The summed E-state index contributed by atoms with van der Waals surface area (Å²) >= 11 is 3.60. The Morgan fingerprint density at radius 2 is 1.94 bits per heavy atom. The Bertz CT molecular complexity index is 348. The molecule has 1 aromatic carbocycles. The zero-order chi connectivity index (χ0) is 11.4. The molecule has 1 aliphatic heterocycles. The Labute approximate surface area is 105 Å². The molecule has 0 bridgehead atoms. The molecule has 1 aliphatic rings. The van der Waals surface area contributed by atoms with Gasteiger partial charge in [-0.15, -0.1) is 0 Å². The third-order valence-corrected chi connectivity index (χ3v) is 4.28. The van der Waals surface area contributed by atoms with Crippen LogP contribution in [0, 0.1) is 5.41 Å². The first-order valence-electron chi connectivity index (χ1n) is 5.77. The van der Waals surface area contributed by atoms with Crippen LogP contribution in [0.15, 0.2) is 28.7 Å². The molecule has 2 rings (SSSR count). The minimum Gasteiger partial charge on any atom is -0.381 e. The van der Waals surface area contributed by atoms with Gasteiger partial charge >= 0.3 is 0 Å². The van der Waals surface area contributed by atoms with Gasteiger partial charge in [0.05, 0.1) is 0 Å². The summed E-state index contributed by atoms with van der Waals surface area (Å²) in [6, 6.07) is 8.41. The third-order valence-electron chi connectivity index (χ3n) is 3.51. The summed E-state index contributed by atoms with van der Waals surface area (Å²) in [5, 5.41) is 0. The Balaban J connectivity index is 2.15. The van der Waals surface area contributed by atoms with Crippen LogP contribution in [0.3, 0.4) is 0 Å². The molecular formula is C13H18BrNO. The molecule has 1 heterocycles. The molecule has 0 spiro atoms. The second-order valence-electron chi connectivity index (χ2n) is 4.58. The molecule has 2 nitrogen and oxygen atoms in total. The van der Waals surface area contributed by atoms with Crippen molar-refractivity contribution in [2.24, 2.45) is 11.1 Å². The lowest BCUT2D eigenvalue weighted by molar-refractivity contribution is 0.0190. The van der Waals surface area contributed by atoms with Crippen molar-refractivity contribution in [3.63, 3.8) is 0 Å². The molecule has 0 aliphatic carbocycles. The fourth-order valence-electron chi connectivity index (χ4n) is 2.30. The van der Waals surface area contributed by atoms with Crippen LogP contribution in [0.5, 0.6) is 0 Å². The molecule has 0 radical (unpaired) electrons. The second-order valence-corrected chi connectivity index (χ2v) is 5.44. The maximum Gasteiger partial charge on any atom is 0.0471 e. The average Bonchev–Trinajstić information content (AvgIpc) is 2.33. The predicted octanol–water partition coefficient (Wildman–Crippen LogP) is 2.75. The van der Waals surface area contributed by atoms with Gasteiger partial charge in [0.25, 0.3) is 0 Å². The van der Waals surface area contributed by atoms with Crippen LogP contribution in [-0.2, 0) is 11.2 Å². The molecule has 2 N–H and O–H groups in total. The molecule has 1 saturated heterocycles. The fourth-order valence-corrected chi connectivity index (χ4v) is 2.73. The molecule has 1 aromatic rings. The van der Waals surface area contributed by atoms with Crippen LogP contribution >= 0.6 is 15.9 Å². The van der Waals surface area contributed by atoms with E-state index in [-0.39, 0.29) is 5.41 Å². The number of halogens is 1. The van der Waals surface area contributed by atoms with Crippen molar-refractivity contribution in [2.45, 2.75) is 19.3 Å². The highest BCUT2D eigenvalue weighted by molar-refractivity contribution is 9.10. The van der Waals surface area contributed by atoms with E-state index in [2.05, 4.69) is 34.1 Å². The molecular weight excluding hydrogens is 266 g/mol. The van der Waals surface area contributed by atoms with Gasteiger partial charge in [-0.05, 0) is 42.9 Å². The summed E-state index contributed by atoms with van der Waals surface area (Å²) in [6.07, 6.45) is 3.20. The summed E-state index contributed by atoms with van der Waals surface area (Å²) in [5.41, 5.74) is 7.56. The maximum atomic E-state index is 5.97. The molecule has 3 heteroatoms. The number of ether oxygens (including phenoxy) is 1. The summed E-state index contributed by atoms with van der Waals surface area (Å²) in [7, 11) is 0.